The molecular formula is C14H25N3S2. The molecule has 1 aromatic rings. The molecule has 1 N–H and O–H groups in total. The summed E-state index contributed by atoms with van der Waals surface area (Å²) in [6, 6.07) is 0.689. The minimum atomic E-state index is 0.689. The van der Waals surface area contributed by atoms with Gasteiger partial charge < -0.3 is 10.2 Å². The molecule has 2 atom stereocenters. The van der Waals surface area contributed by atoms with E-state index in [9.17, 15) is 0 Å². The van der Waals surface area contributed by atoms with Gasteiger partial charge in [-0.15, -0.1) is 11.3 Å². The van der Waals surface area contributed by atoms with Crippen molar-refractivity contribution in [2.45, 2.75) is 50.9 Å². The van der Waals surface area contributed by atoms with E-state index < -0.39 is 0 Å². The van der Waals surface area contributed by atoms with Gasteiger partial charge in [-0.1, -0.05) is 6.42 Å². The van der Waals surface area contributed by atoms with Crippen LogP contribution in [0, 0.1) is 0 Å². The summed E-state index contributed by atoms with van der Waals surface area (Å²) in [6.07, 6.45) is 8.33. The monoisotopic (exact) mass is 299 g/mol. The Morgan fingerprint density at radius 2 is 2.21 bits per heavy atom. The van der Waals surface area contributed by atoms with Crippen LogP contribution in [0.15, 0.2) is 6.20 Å². The van der Waals surface area contributed by atoms with Crippen LogP contribution in [0.3, 0.4) is 0 Å². The minimum Gasteiger partial charge on any atom is -0.349 e. The van der Waals surface area contributed by atoms with Gasteiger partial charge in [-0.2, -0.15) is 11.8 Å². The maximum atomic E-state index is 4.54. The summed E-state index contributed by atoms with van der Waals surface area (Å²) in [5, 5.41) is 5.68. The summed E-state index contributed by atoms with van der Waals surface area (Å²) in [7, 11) is 0. The largest absolute Gasteiger partial charge is 0.349 e. The number of thioether (sulfide) groups is 1. The van der Waals surface area contributed by atoms with Crippen molar-refractivity contribution in [3.8, 4) is 0 Å². The van der Waals surface area contributed by atoms with E-state index >= 15 is 0 Å². The molecule has 0 bridgehead atoms. The average Bonchev–Trinajstić information content (AvgIpc) is 3.06. The van der Waals surface area contributed by atoms with Crippen LogP contribution in [0.4, 0.5) is 5.13 Å². The van der Waals surface area contributed by atoms with Crippen LogP contribution >= 0.6 is 23.1 Å². The summed E-state index contributed by atoms with van der Waals surface area (Å²) in [6.45, 7) is 7.41. The maximum Gasteiger partial charge on any atom is 0.185 e. The van der Waals surface area contributed by atoms with Crippen LogP contribution in [-0.2, 0) is 6.54 Å². The third kappa shape index (κ3) is 3.86. The van der Waals surface area contributed by atoms with Gasteiger partial charge in [-0.3, -0.25) is 0 Å². The van der Waals surface area contributed by atoms with Crippen molar-refractivity contribution in [2.75, 3.05) is 24.2 Å². The van der Waals surface area contributed by atoms with Crippen LogP contribution in [0.25, 0.3) is 0 Å². The average molecular weight is 300 g/mol. The summed E-state index contributed by atoms with van der Waals surface area (Å²) in [5.41, 5.74) is 0. The number of aromatic nitrogens is 1. The number of hydrogen-bond acceptors (Lipinski definition) is 5. The minimum absolute atomic E-state index is 0.689. The molecular weight excluding hydrogens is 274 g/mol. The first-order valence-corrected chi connectivity index (χ1v) is 9.34. The fourth-order valence-corrected chi connectivity index (χ4v) is 4.64. The van der Waals surface area contributed by atoms with Crippen molar-refractivity contribution in [3.05, 3.63) is 11.1 Å². The predicted octanol–water partition coefficient (Wildman–Crippen LogP) is 3.36. The van der Waals surface area contributed by atoms with Crippen LogP contribution in [-0.4, -0.2) is 35.6 Å². The van der Waals surface area contributed by atoms with Crippen molar-refractivity contribution in [2.24, 2.45) is 0 Å². The predicted molar refractivity (Wildman–Crippen MR) is 87.5 cm³/mol. The van der Waals surface area contributed by atoms with Crippen molar-refractivity contribution in [1.82, 2.24) is 10.3 Å². The van der Waals surface area contributed by atoms with Gasteiger partial charge >= 0.3 is 0 Å². The Kier molecular flexibility index (Phi) is 5.98. The Hall–Kier alpha value is -0.260. The molecule has 0 aliphatic heterocycles. The van der Waals surface area contributed by atoms with Gasteiger partial charge in [0.1, 0.15) is 0 Å². The summed E-state index contributed by atoms with van der Waals surface area (Å²) in [5.74, 6) is 0. The van der Waals surface area contributed by atoms with Gasteiger partial charge in [0.05, 0.1) is 0 Å². The van der Waals surface area contributed by atoms with Gasteiger partial charge in [-0.25, -0.2) is 4.98 Å². The van der Waals surface area contributed by atoms with E-state index in [0.29, 0.717) is 6.04 Å². The first-order chi connectivity index (χ1) is 9.28. The Balaban J connectivity index is 1.86. The molecule has 19 heavy (non-hydrogen) atoms. The first-order valence-electron chi connectivity index (χ1n) is 7.24. The fourth-order valence-electron chi connectivity index (χ4n) is 2.69. The Morgan fingerprint density at radius 3 is 2.89 bits per heavy atom. The van der Waals surface area contributed by atoms with E-state index in [1.807, 2.05) is 29.3 Å². The molecule has 0 amide bonds. The van der Waals surface area contributed by atoms with Gasteiger partial charge in [0.2, 0.25) is 0 Å². The van der Waals surface area contributed by atoms with Crippen molar-refractivity contribution >= 4 is 28.2 Å². The summed E-state index contributed by atoms with van der Waals surface area (Å²) in [4.78, 5) is 8.21. The highest BCUT2D eigenvalue weighted by Gasteiger charge is 2.25. The Labute approximate surface area is 125 Å². The molecule has 0 saturated heterocycles. The normalized spacial score (nSPS) is 22.9. The molecule has 0 aromatic carbocycles. The molecule has 1 aliphatic rings. The van der Waals surface area contributed by atoms with E-state index in [2.05, 4.69) is 35.3 Å². The zero-order valence-electron chi connectivity index (χ0n) is 12.2. The van der Waals surface area contributed by atoms with Crippen molar-refractivity contribution < 1.29 is 0 Å². The number of rotatable bonds is 7. The molecule has 1 fully saturated rings. The molecule has 2 rings (SSSR count). The molecule has 1 aromatic heterocycles. The standard InChI is InChI=1S/C14H25N3S2/c1-4-17(5-2)14-16-10-11(19-14)9-15-12-7-6-8-13(12)18-3/h10,12-13,15H,4-9H2,1-3H3. The first kappa shape index (κ1) is 15.1. The molecule has 0 spiro atoms. The maximum absolute atomic E-state index is 4.54. The quantitative estimate of drug-likeness (QED) is 0.835. The van der Waals surface area contributed by atoms with E-state index in [4.69, 9.17) is 0 Å². The third-order valence-corrected chi connectivity index (χ3v) is 6.10. The number of hydrogen-bond donors (Lipinski definition) is 1. The second kappa shape index (κ2) is 7.50. The molecule has 1 aliphatic carbocycles. The molecule has 108 valence electrons. The highest BCUT2D eigenvalue weighted by Crippen LogP contribution is 2.29. The van der Waals surface area contributed by atoms with E-state index in [0.717, 1.165) is 30.0 Å². The van der Waals surface area contributed by atoms with Crippen molar-refractivity contribution in [1.29, 1.82) is 0 Å². The van der Waals surface area contributed by atoms with Crippen LogP contribution in [0.5, 0.6) is 0 Å². The molecule has 5 heteroatoms. The molecule has 2 unspecified atom stereocenters. The fraction of sp³-hybridized carbons (Fsp3) is 0.786. The van der Waals surface area contributed by atoms with Gasteiger partial charge in [0.25, 0.3) is 0 Å². The lowest BCUT2D eigenvalue weighted by atomic mass is 10.2. The van der Waals surface area contributed by atoms with Gasteiger partial charge in [-0.05, 0) is 32.9 Å². The van der Waals surface area contributed by atoms with Crippen LogP contribution in [0.2, 0.25) is 0 Å². The number of anilines is 1. The summed E-state index contributed by atoms with van der Waals surface area (Å²) >= 11 is 3.84. The zero-order chi connectivity index (χ0) is 13.7. The van der Waals surface area contributed by atoms with Crippen LogP contribution < -0.4 is 10.2 Å². The molecule has 0 radical (unpaired) electrons. The number of thiazole rings is 1. The van der Waals surface area contributed by atoms with Crippen LogP contribution in [0.1, 0.15) is 38.0 Å². The smallest absolute Gasteiger partial charge is 0.185 e. The number of nitrogens with one attached hydrogen (secondary N) is 1. The molecule has 1 heterocycles. The van der Waals surface area contributed by atoms with E-state index in [-0.39, 0.29) is 0 Å². The summed E-state index contributed by atoms with van der Waals surface area (Å²) < 4.78 is 0. The van der Waals surface area contributed by atoms with Crippen molar-refractivity contribution in [3.63, 3.8) is 0 Å². The third-order valence-electron chi connectivity index (χ3n) is 3.87. The second-order valence-corrected chi connectivity index (χ2v) is 7.14. The van der Waals surface area contributed by atoms with E-state index in [1.165, 1.54) is 24.1 Å². The molecule has 1 saturated carbocycles. The SMILES string of the molecule is CCN(CC)c1ncc(CNC2CCCC2SC)s1. The van der Waals surface area contributed by atoms with Gasteiger partial charge in [0.15, 0.2) is 5.13 Å². The lowest BCUT2D eigenvalue weighted by Gasteiger charge is -2.18. The lowest BCUT2D eigenvalue weighted by Crippen LogP contribution is -2.33. The van der Waals surface area contributed by atoms with Gasteiger partial charge in [0, 0.05) is 42.0 Å². The Bertz CT molecular complexity index is 377. The van der Waals surface area contributed by atoms with E-state index in [1.54, 1.807) is 0 Å². The highest BCUT2D eigenvalue weighted by molar-refractivity contribution is 7.99. The zero-order valence-corrected chi connectivity index (χ0v) is 13.8. The molecule has 3 nitrogen and oxygen atoms in total. The lowest BCUT2D eigenvalue weighted by molar-refractivity contribution is 0.535. The second-order valence-electron chi connectivity index (χ2n) is 4.97. The Morgan fingerprint density at radius 1 is 1.42 bits per heavy atom. The topological polar surface area (TPSA) is 28.2 Å². The number of nitrogens with zero attached hydrogens (tertiary/aromatic N) is 2. The highest BCUT2D eigenvalue weighted by atomic mass is 32.2.